The Hall–Kier alpha value is -3.45. The van der Waals surface area contributed by atoms with Crippen molar-refractivity contribution in [2.75, 3.05) is 7.11 Å². The molecule has 4 rings (SSSR count). The Morgan fingerprint density at radius 3 is 2.55 bits per heavy atom. The largest absolute Gasteiger partial charge is 0.493 e. The lowest BCUT2D eigenvalue weighted by molar-refractivity contribution is -0.129. The van der Waals surface area contributed by atoms with E-state index in [0.717, 1.165) is 5.56 Å². The predicted octanol–water partition coefficient (Wildman–Crippen LogP) is 5.52. The van der Waals surface area contributed by atoms with E-state index in [1.807, 2.05) is 30.3 Å². The van der Waals surface area contributed by atoms with Crippen molar-refractivity contribution >= 4 is 33.9 Å². The smallest absolute Gasteiger partial charge is 0.363 e. The summed E-state index contributed by atoms with van der Waals surface area (Å²) in [6.07, 6.45) is 1.59. The Bertz CT molecular complexity index is 1170. The second-order valence-electron chi connectivity index (χ2n) is 6.65. The lowest BCUT2D eigenvalue weighted by Crippen LogP contribution is -2.05. The average Bonchev–Trinajstić information content (AvgIpc) is 3.14. The number of aliphatic imine (C=N–C) groups is 1. The number of esters is 1. The second-order valence-corrected chi connectivity index (χ2v) is 7.51. The van der Waals surface area contributed by atoms with Crippen LogP contribution in [0.4, 0.5) is 4.39 Å². The highest BCUT2D eigenvalue weighted by Gasteiger charge is 2.24. The van der Waals surface area contributed by atoms with Gasteiger partial charge in [0.05, 0.1) is 11.6 Å². The van der Waals surface area contributed by atoms with Crippen molar-refractivity contribution in [3.8, 4) is 11.5 Å². The van der Waals surface area contributed by atoms with Crippen molar-refractivity contribution < 1.29 is 23.4 Å². The third-order valence-corrected chi connectivity index (χ3v) is 5.08. The Labute approximate surface area is 186 Å². The van der Waals surface area contributed by atoms with E-state index in [0.29, 0.717) is 33.7 Å². The number of halogens is 2. The summed E-state index contributed by atoms with van der Waals surface area (Å²) in [6.45, 7) is 0.383. The van der Waals surface area contributed by atoms with Crippen LogP contribution in [0.25, 0.3) is 6.08 Å². The van der Waals surface area contributed by atoms with Crippen LogP contribution in [0.3, 0.4) is 0 Å². The van der Waals surface area contributed by atoms with E-state index in [-0.39, 0.29) is 17.4 Å². The van der Waals surface area contributed by atoms with Gasteiger partial charge in [-0.25, -0.2) is 14.2 Å². The maximum absolute atomic E-state index is 13.1. The van der Waals surface area contributed by atoms with Crippen LogP contribution >= 0.6 is 15.9 Å². The molecule has 7 heteroatoms. The lowest BCUT2D eigenvalue weighted by Gasteiger charge is -2.13. The van der Waals surface area contributed by atoms with Gasteiger partial charge in [-0.2, -0.15) is 0 Å². The fourth-order valence-corrected chi connectivity index (χ4v) is 3.55. The van der Waals surface area contributed by atoms with Crippen LogP contribution in [0.15, 0.2) is 81.9 Å². The molecule has 31 heavy (non-hydrogen) atoms. The first kappa shape index (κ1) is 20.8. The first-order valence-corrected chi connectivity index (χ1v) is 10.2. The van der Waals surface area contributed by atoms with Crippen molar-refractivity contribution in [2.45, 2.75) is 6.61 Å². The number of methoxy groups -OCH3 is 1. The van der Waals surface area contributed by atoms with Gasteiger partial charge in [-0.3, -0.25) is 0 Å². The van der Waals surface area contributed by atoms with Crippen LogP contribution < -0.4 is 9.47 Å². The zero-order chi connectivity index (χ0) is 21.8. The Balaban J connectivity index is 1.59. The number of carbonyl (C=O) groups excluding carboxylic acids is 1. The fourth-order valence-electron chi connectivity index (χ4n) is 2.98. The van der Waals surface area contributed by atoms with E-state index in [9.17, 15) is 9.18 Å². The molecule has 3 aromatic carbocycles. The molecule has 0 atom stereocenters. The molecule has 0 saturated heterocycles. The van der Waals surface area contributed by atoms with Gasteiger partial charge in [0.25, 0.3) is 0 Å². The summed E-state index contributed by atoms with van der Waals surface area (Å²) in [5.74, 6) is 0.226. The molecule has 0 fully saturated rings. The predicted molar refractivity (Wildman–Crippen MR) is 118 cm³/mol. The number of carbonyl (C=O) groups is 1. The maximum Gasteiger partial charge on any atom is 0.363 e. The molecule has 0 N–H and O–H groups in total. The number of benzene rings is 3. The highest BCUT2D eigenvalue weighted by molar-refractivity contribution is 9.10. The first-order valence-electron chi connectivity index (χ1n) is 9.36. The van der Waals surface area contributed by atoms with Gasteiger partial charge in [0.2, 0.25) is 5.90 Å². The second kappa shape index (κ2) is 9.14. The minimum absolute atomic E-state index is 0.130. The molecule has 1 aliphatic rings. The van der Waals surface area contributed by atoms with Gasteiger partial charge in [-0.05, 0) is 69.5 Å². The van der Waals surface area contributed by atoms with Gasteiger partial charge in [-0.1, -0.05) is 30.3 Å². The van der Waals surface area contributed by atoms with E-state index in [1.165, 1.54) is 24.3 Å². The van der Waals surface area contributed by atoms with Gasteiger partial charge in [0.15, 0.2) is 17.2 Å². The van der Waals surface area contributed by atoms with Crippen LogP contribution in [0, 0.1) is 5.82 Å². The molecule has 5 nitrogen and oxygen atoms in total. The van der Waals surface area contributed by atoms with Crippen LogP contribution in [0.1, 0.15) is 16.7 Å². The van der Waals surface area contributed by atoms with Gasteiger partial charge in [0, 0.05) is 5.56 Å². The molecule has 0 saturated carbocycles. The molecule has 0 spiro atoms. The minimum atomic E-state index is -0.584. The number of hydrogen-bond donors (Lipinski definition) is 0. The van der Waals surface area contributed by atoms with Crippen LogP contribution in [-0.2, 0) is 16.1 Å². The monoisotopic (exact) mass is 481 g/mol. The van der Waals surface area contributed by atoms with Gasteiger partial charge in [0.1, 0.15) is 12.4 Å². The van der Waals surface area contributed by atoms with Crippen LogP contribution in [0.5, 0.6) is 11.5 Å². The van der Waals surface area contributed by atoms with Gasteiger partial charge >= 0.3 is 5.97 Å². The number of ether oxygens (including phenoxy) is 3. The molecule has 0 radical (unpaired) electrons. The standard InChI is InChI=1S/C24H17BrFNO4/c1-29-21-13-16(11-19(25)22(21)30-14-15-5-3-2-4-6-15)12-20-24(28)31-23(27-20)17-7-9-18(26)10-8-17/h2-13H,14H2,1H3/b20-12+. The van der Waals surface area contributed by atoms with Crippen LogP contribution in [0.2, 0.25) is 0 Å². The van der Waals surface area contributed by atoms with Crippen LogP contribution in [-0.4, -0.2) is 19.0 Å². The zero-order valence-electron chi connectivity index (χ0n) is 16.5. The topological polar surface area (TPSA) is 57.1 Å². The number of hydrogen-bond acceptors (Lipinski definition) is 5. The number of cyclic esters (lactones) is 1. The molecule has 0 aliphatic carbocycles. The van der Waals surface area contributed by atoms with E-state index in [1.54, 1.807) is 25.3 Å². The van der Waals surface area contributed by atoms with E-state index in [2.05, 4.69) is 20.9 Å². The highest BCUT2D eigenvalue weighted by atomic mass is 79.9. The highest BCUT2D eigenvalue weighted by Crippen LogP contribution is 2.38. The SMILES string of the molecule is COc1cc(/C=C2/N=C(c3ccc(F)cc3)OC2=O)cc(Br)c1OCc1ccccc1. The fraction of sp³-hybridized carbons (Fsp3) is 0.0833. The summed E-state index contributed by atoms with van der Waals surface area (Å²) in [6, 6.07) is 18.9. The van der Waals surface area contributed by atoms with E-state index in [4.69, 9.17) is 14.2 Å². The molecule has 0 unspecified atom stereocenters. The summed E-state index contributed by atoms with van der Waals surface area (Å²) in [5.41, 5.74) is 2.35. The summed E-state index contributed by atoms with van der Waals surface area (Å²) in [4.78, 5) is 16.5. The Kier molecular flexibility index (Phi) is 6.13. The van der Waals surface area contributed by atoms with Crippen molar-refractivity contribution in [1.82, 2.24) is 0 Å². The molecule has 1 aliphatic heterocycles. The Morgan fingerprint density at radius 2 is 1.84 bits per heavy atom. The van der Waals surface area contributed by atoms with Crippen molar-refractivity contribution in [2.24, 2.45) is 4.99 Å². The summed E-state index contributed by atoms with van der Waals surface area (Å²) in [7, 11) is 1.54. The molecule has 156 valence electrons. The average molecular weight is 482 g/mol. The molecule has 0 aromatic heterocycles. The molecule has 0 bridgehead atoms. The molecule has 0 amide bonds. The molecule has 1 heterocycles. The molecule has 3 aromatic rings. The zero-order valence-corrected chi connectivity index (χ0v) is 18.1. The Morgan fingerprint density at radius 1 is 1.10 bits per heavy atom. The number of nitrogens with zero attached hydrogens (tertiary/aromatic N) is 1. The van der Waals surface area contributed by atoms with E-state index >= 15 is 0 Å². The summed E-state index contributed by atoms with van der Waals surface area (Å²) < 4.78 is 30.4. The first-order chi connectivity index (χ1) is 15.0. The molecular weight excluding hydrogens is 465 g/mol. The minimum Gasteiger partial charge on any atom is -0.493 e. The van der Waals surface area contributed by atoms with Gasteiger partial charge in [-0.15, -0.1) is 0 Å². The van der Waals surface area contributed by atoms with Gasteiger partial charge < -0.3 is 14.2 Å². The quantitative estimate of drug-likeness (QED) is 0.343. The van der Waals surface area contributed by atoms with E-state index < -0.39 is 5.97 Å². The number of rotatable bonds is 6. The normalized spacial score (nSPS) is 14.4. The third kappa shape index (κ3) is 4.83. The summed E-state index contributed by atoms with van der Waals surface area (Å²) >= 11 is 3.51. The lowest BCUT2D eigenvalue weighted by atomic mass is 10.1. The third-order valence-electron chi connectivity index (χ3n) is 4.49. The van der Waals surface area contributed by atoms with Crippen molar-refractivity contribution in [1.29, 1.82) is 0 Å². The maximum atomic E-state index is 13.1. The van der Waals surface area contributed by atoms with Crippen molar-refractivity contribution in [3.05, 3.63) is 99.4 Å². The van der Waals surface area contributed by atoms with Crippen molar-refractivity contribution in [3.63, 3.8) is 0 Å². The summed E-state index contributed by atoms with van der Waals surface area (Å²) in [5, 5.41) is 0. The molecular formula is C24H17BrFNO4.